The Hall–Kier alpha value is -2.05. The molecule has 0 spiro atoms. The fourth-order valence-corrected chi connectivity index (χ4v) is 2.53. The van der Waals surface area contributed by atoms with Gasteiger partial charge in [0.1, 0.15) is 11.4 Å². The standard InChI is InChI=1S/C16H18ClN3O3/c17-12-3-1-4-13(9-12)23-11-20-7-6-15(19-20)16(21)18-10-14-5-2-8-22-14/h1,3-4,6-7,9,14H,2,5,8,10-11H2,(H,18,21)/t14-/m0/s1. The lowest BCUT2D eigenvalue weighted by Gasteiger charge is -2.09. The molecule has 2 heterocycles. The maximum Gasteiger partial charge on any atom is 0.271 e. The van der Waals surface area contributed by atoms with Crippen LogP contribution in [-0.2, 0) is 11.5 Å². The molecular formula is C16H18ClN3O3. The second-order valence-corrected chi connectivity index (χ2v) is 5.75. The summed E-state index contributed by atoms with van der Waals surface area (Å²) in [7, 11) is 0. The molecule has 1 atom stereocenters. The van der Waals surface area contributed by atoms with E-state index in [-0.39, 0.29) is 18.7 Å². The highest BCUT2D eigenvalue weighted by Gasteiger charge is 2.17. The van der Waals surface area contributed by atoms with Crippen molar-refractivity contribution in [1.82, 2.24) is 15.1 Å². The first-order valence-corrected chi connectivity index (χ1v) is 7.90. The first-order chi connectivity index (χ1) is 11.2. The molecule has 6 nitrogen and oxygen atoms in total. The van der Waals surface area contributed by atoms with E-state index in [1.165, 1.54) is 0 Å². The van der Waals surface area contributed by atoms with Crippen LogP contribution in [0.15, 0.2) is 36.5 Å². The third-order valence-electron chi connectivity index (χ3n) is 3.55. The zero-order valence-corrected chi connectivity index (χ0v) is 13.3. The Morgan fingerprint density at radius 1 is 1.48 bits per heavy atom. The zero-order chi connectivity index (χ0) is 16.1. The normalized spacial score (nSPS) is 17.2. The van der Waals surface area contributed by atoms with Gasteiger partial charge in [0.25, 0.3) is 5.91 Å². The largest absolute Gasteiger partial charge is 0.471 e. The Kier molecular flexibility index (Phi) is 5.15. The van der Waals surface area contributed by atoms with Gasteiger partial charge in [-0.1, -0.05) is 17.7 Å². The third kappa shape index (κ3) is 4.46. The van der Waals surface area contributed by atoms with Crippen LogP contribution < -0.4 is 10.1 Å². The summed E-state index contributed by atoms with van der Waals surface area (Å²) in [6, 6.07) is 8.78. The molecule has 0 unspecified atom stereocenters. The van der Waals surface area contributed by atoms with Crippen LogP contribution in [0.3, 0.4) is 0 Å². The molecule has 1 amide bonds. The summed E-state index contributed by atoms with van der Waals surface area (Å²) in [5.41, 5.74) is 0.359. The lowest BCUT2D eigenvalue weighted by Crippen LogP contribution is -2.32. The Morgan fingerprint density at radius 2 is 2.39 bits per heavy atom. The SMILES string of the molecule is O=C(NC[C@@H]1CCCO1)c1ccn(COc2cccc(Cl)c2)n1. The van der Waals surface area contributed by atoms with Crippen LogP contribution in [0.2, 0.25) is 5.02 Å². The number of benzene rings is 1. The quantitative estimate of drug-likeness (QED) is 0.880. The van der Waals surface area contributed by atoms with Crippen molar-refractivity contribution in [3.63, 3.8) is 0 Å². The van der Waals surface area contributed by atoms with Gasteiger partial charge in [0.05, 0.1) is 6.10 Å². The van der Waals surface area contributed by atoms with Gasteiger partial charge in [0, 0.05) is 24.4 Å². The van der Waals surface area contributed by atoms with E-state index >= 15 is 0 Å². The highest BCUT2D eigenvalue weighted by Crippen LogP contribution is 2.17. The summed E-state index contributed by atoms with van der Waals surface area (Å²) in [5.74, 6) is 0.444. The molecular weight excluding hydrogens is 318 g/mol. The van der Waals surface area contributed by atoms with E-state index in [4.69, 9.17) is 21.1 Å². The molecule has 1 fully saturated rings. The van der Waals surface area contributed by atoms with Gasteiger partial charge < -0.3 is 14.8 Å². The third-order valence-corrected chi connectivity index (χ3v) is 3.78. The summed E-state index contributed by atoms with van der Waals surface area (Å²) < 4.78 is 12.6. The number of nitrogens with zero attached hydrogens (tertiary/aromatic N) is 2. The molecule has 7 heteroatoms. The number of nitrogens with one attached hydrogen (secondary N) is 1. The van der Waals surface area contributed by atoms with Crippen LogP contribution in [0.1, 0.15) is 23.3 Å². The maximum absolute atomic E-state index is 12.0. The minimum Gasteiger partial charge on any atom is -0.471 e. The van der Waals surface area contributed by atoms with Gasteiger partial charge in [-0.15, -0.1) is 0 Å². The second kappa shape index (κ2) is 7.48. The van der Waals surface area contributed by atoms with Crippen molar-refractivity contribution < 1.29 is 14.3 Å². The van der Waals surface area contributed by atoms with E-state index < -0.39 is 0 Å². The summed E-state index contributed by atoms with van der Waals surface area (Å²) in [4.78, 5) is 12.0. The average Bonchev–Trinajstić information content (AvgIpc) is 3.22. The lowest BCUT2D eigenvalue weighted by atomic mass is 10.2. The fraction of sp³-hybridized carbons (Fsp3) is 0.375. The number of rotatable bonds is 6. The van der Waals surface area contributed by atoms with Gasteiger partial charge >= 0.3 is 0 Å². The van der Waals surface area contributed by atoms with Gasteiger partial charge in [-0.25, -0.2) is 4.68 Å². The summed E-state index contributed by atoms with van der Waals surface area (Å²) in [6.45, 7) is 1.50. The molecule has 122 valence electrons. The number of carbonyl (C=O) groups is 1. The molecule has 1 N–H and O–H groups in total. The predicted octanol–water partition coefficient (Wildman–Crippen LogP) is 2.48. The Bertz CT molecular complexity index is 668. The molecule has 23 heavy (non-hydrogen) atoms. The van der Waals surface area contributed by atoms with Crippen LogP contribution in [0.5, 0.6) is 5.75 Å². The van der Waals surface area contributed by atoms with Crippen molar-refractivity contribution in [3.05, 3.63) is 47.2 Å². The van der Waals surface area contributed by atoms with Crippen molar-refractivity contribution >= 4 is 17.5 Å². The molecule has 2 aromatic rings. The molecule has 1 saturated heterocycles. The molecule has 3 rings (SSSR count). The number of hydrogen-bond acceptors (Lipinski definition) is 4. The Morgan fingerprint density at radius 3 is 3.17 bits per heavy atom. The van der Waals surface area contributed by atoms with Gasteiger partial charge in [0.15, 0.2) is 6.73 Å². The first-order valence-electron chi connectivity index (χ1n) is 7.52. The maximum atomic E-state index is 12.0. The molecule has 1 aromatic heterocycles. The number of halogens is 1. The number of ether oxygens (including phenoxy) is 2. The predicted molar refractivity (Wildman–Crippen MR) is 85.6 cm³/mol. The number of hydrogen-bond donors (Lipinski definition) is 1. The summed E-state index contributed by atoms with van der Waals surface area (Å²) in [6.07, 6.45) is 3.86. The average molecular weight is 336 g/mol. The van der Waals surface area contributed by atoms with Crippen LogP contribution in [-0.4, -0.2) is 34.9 Å². The van der Waals surface area contributed by atoms with Crippen molar-refractivity contribution in [2.45, 2.75) is 25.7 Å². The van der Waals surface area contributed by atoms with Crippen LogP contribution in [0, 0.1) is 0 Å². The fourth-order valence-electron chi connectivity index (χ4n) is 2.35. The molecule has 1 aliphatic heterocycles. The van der Waals surface area contributed by atoms with Gasteiger partial charge in [-0.2, -0.15) is 5.10 Å². The number of carbonyl (C=O) groups excluding carboxylic acids is 1. The van der Waals surface area contributed by atoms with E-state index in [9.17, 15) is 4.79 Å². The lowest BCUT2D eigenvalue weighted by molar-refractivity contribution is 0.0852. The van der Waals surface area contributed by atoms with E-state index in [0.717, 1.165) is 19.4 Å². The van der Waals surface area contributed by atoms with E-state index in [1.807, 2.05) is 12.1 Å². The van der Waals surface area contributed by atoms with Gasteiger partial charge in [-0.05, 0) is 37.1 Å². The topological polar surface area (TPSA) is 65.4 Å². The molecule has 1 aromatic carbocycles. The summed E-state index contributed by atoms with van der Waals surface area (Å²) in [5, 5.41) is 7.64. The molecule has 0 radical (unpaired) electrons. The van der Waals surface area contributed by atoms with Crippen LogP contribution in [0.4, 0.5) is 0 Å². The first kappa shape index (κ1) is 15.8. The van der Waals surface area contributed by atoms with Crippen molar-refractivity contribution in [2.75, 3.05) is 13.2 Å². The molecule has 0 bridgehead atoms. The Labute approximate surface area is 139 Å². The Balaban J connectivity index is 1.49. The van der Waals surface area contributed by atoms with Crippen molar-refractivity contribution in [1.29, 1.82) is 0 Å². The van der Waals surface area contributed by atoms with E-state index in [1.54, 1.807) is 29.1 Å². The molecule has 0 saturated carbocycles. The van der Waals surface area contributed by atoms with E-state index in [2.05, 4.69) is 10.4 Å². The number of amides is 1. The van der Waals surface area contributed by atoms with Crippen molar-refractivity contribution in [2.24, 2.45) is 0 Å². The van der Waals surface area contributed by atoms with Gasteiger partial charge in [-0.3, -0.25) is 4.79 Å². The van der Waals surface area contributed by atoms with Crippen molar-refractivity contribution in [3.8, 4) is 5.75 Å². The van der Waals surface area contributed by atoms with Crippen LogP contribution in [0.25, 0.3) is 0 Å². The highest BCUT2D eigenvalue weighted by molar-refractivity contribution is 6.30. The second-order valence-electron chi connectivity index (χ2n) is 5.32. The smallest absolute Gasteiger partial charge is 0.271 e. The van der Waals surface area contributed by atoms with Gasteiger partial charge in [0.2, 0.25) is 0 Å². The number of aromatic nitrogens is 2. The summed E-state index contributed by atoms with van der Waals surface area (Å²) >= 11 is 5.90. The van der Waals surface area contributed by atoms with E-state index in [0.29, 0.717) is 23.0 Å². The molecule has 1 aliphatic rings. The zero-order valence-electron chi connectivity index (χ0n) is 12.6. The minimum atomic E-state index is -0.206. The molecule has 0 aliphatic carbocycles. The minimum absolute atomic E-state index is 0.118. The monoisotopic (exact) mass is 335 g/mol. The highest BCUT2D eigenvalue weighted by atomic mass is 35.5. The van der Waals surface area contributed by atoms with Crippen LogP contribution >= 0.6 is 11.6 Å².